The van der Waals surface area contributed by atoms with Gasteiger partial charge in [-0.05, 0) is 73.5 Å². The third-order valence-electron chi connectivity index (χ3n) is 4.72. The summed E-state index contributed by atoms with van der Waals surface area (Å²) in [4.78, 5) is 15.0. The molecule has 0 spiro atoms. The van der Waals surface area contributed by atoms with Gasteiger partial charge in [0.2, 0.25) is 0 Å². The molecule has 0 bridgehead atoms. The van der Waals surface area contributed by atoms with Crippen molar-refractivity contribution >= 4 is 28.5 Å². The Hall–Kier alpha value is -1.02. The van der Waals surface area contributed by atoms with Crippen LogP contribution in [-0.2, 0) is 0 Å². The van der Waals surface area contributed by atoms with Crippen LogP contribution in [0.5, 0.6) is 11.5 Å². The van der Waals surface area contributed by atoms with Crippen molar-refractivity contribution in [3.8, 4) is 11.5 Å². The van der Waals surface area contributed by atoms with Gasteiger partial charge in [-0.15, -0.1) is 0 Å². The number of halogens is 1. The normalized spacial score (nSPS) is 17.4. The van der Waals surface area contributed by atoms with E-state index < -0.39 is 0 Å². The zero-order chi connectivity index (χ0) is 17.7. The van der Waals surface area contributed by atoms with Crippen molar-refractivity contribution in [1.29, 1.82) is 0 Å². The molecule has 1 saturated heterocycles. The SMILES string of the molecule is COc1cc(I)c(C(=O)NCC(C)N2CCC(C)CC2)cc1OC. The number of ether oxygens (including phenoxy) is 2. The van der Waals surface area contributed by atoms with E-state index in [-0.39, 0.29) is 5.91 Å². The Kier molecular flexibility index (Phi) is 7.16. The third kappa shape index (κ3) is 4.75. The van der Waals surface area contributed by atoms with E-state index in [4.69, 9.17) is 9.47 Å². The first-order valence-corrected chi connectivity index (χ1v) is 9.47. The standard InChI is InChI=1S/C18H27IN2O3/c1-12-5-7-21(8-6-12)13(2)11-20-18(22)14-9-16(23-3)17(24-4)10-15(14)19/h9-10,12-13H,5-8,11H2,1-4H3,(H,20,22). The molecule has 1 aliphatic heterocycles. The highest BCUT2D eigenvalue weighted by Crippen LogP contribution is 2.31. The van der Waals surface area contributed by atoms with E-state index in [9.17, 15) is 4.79 Å². The number of likely N-dealkylation sites (tertiary alicyclic amines) is 1. The number of carbonyl (C=O) groups excluding carboxylic acids is 1. The first kappa shape index (κ1) is 19.3. The number of rotatable bonds is 6. The van der Waals surface area contributed by atoms with Crippen LogP contribution >= 0.6 is 22.6 Å². The molecule has 1 heterocycles. The van der Waals surface area contributed by atoms with Gasteiger partial charge in [0.05, 0.1) is 19.8 Å². The molecule has 24 heavy (non-hydrogen) atoms. The maximum atomic E-state index is 12.5. The average Bonchev–Trinajstić information content (AvgIpc) is 2.59. The molecule has 1 aromatic rings. The second kappa shape index (κ2) is 8.89. The second-order valence-corrected chi connectivity index (χ2v) is 7.63. The van der Waals surface area contributed by atoms with E-state index in [1.807, 2.05) is 6.07 Å². The predicted molar refractivity (Wildman–Crippen MR) is 104 cm³/mol. The van der Waals surface area contributed by atoms with Gasteiger partial charge in [-0.1, -0.05) is 6.92 Å². The Morgan fingerprint density at radius 3 is 2.46 bits per heavy atom. The van der Waals surface area contributed by atoms with Gasteiger partial charge >= 0.3 is 0 Å². The molecule has 0 aromatic heterocycles. The highest BCUT2D eigenvalue weighted by atomic mass is 127. The van der Waals surface area contributed by atoms with Crippen molar-refractivity contribution in [2.45, 2.75) is 32.7 Å². The van der Waals surface area contributed by atoms with Crippen LogP contribution in [0, 0.1) is 9.49 Å². The number of carbonyl (C=O) groups is 1. The average molecular weight is 446 g/mol. The number of nitrogens with one attached hydrogen (secondary N) is 1. The van der Waals surface area contributed by atoms with Crippen molar-refractivity contribution < 1.29 is 14.3 Å². The summed E-state index contributed by atoms with van der Waals surface area (Å²) < 4.78 is 11.4. The van der Waals surface area contributed by atoms with Crippen molar-refractivity contribution in [2.75, 3.05) is 33.9 Å². The van der Waals surface area contributed by atoms with Gasteiger partial charge in [0.15, 0.2) is 11.5 Å². The van der Waals surface area contributed by atoms with Gasteiger partial charge in [0.1, 0.15) is 0 Å². The van der Waals surface area contributed by atoms with Gasteiger partial charge in [0.25, 0.3) is 5.91 Å². The number of hydrogen-bond donors (Lipinski definition) is 1. The fourth-order valence-electron chi connectivity index (χ4n) is 2.96. The highest BCUT2D eigenvalue weighted by Gasteiger charge is 2.21. The molecule has 1 N–H and O–H groups in total. The van der Waals surface area contributed by atoms with E-state index in [1.54, 1.807) is 20.3 Å². The number of piperidine rings is 1. The largest absolute Gasteiger partial charge is 0.493 e. The number of hydrogen-bond acceptors (Lipinski definition) is 4. The Balaban J connectivity index is 1.97. The summed E-state index contributed by atoms with van der Waals surface area (Å²) in [7, 11) is 3.17. The van der Waals surface area contributed by atoms with Gasteiger partial charge in [0, 0.05) is 16.2 Å². The van der Waals surface area contributed by atoms with Crippen LogP contribution in [0.2, 0.25) is 0 Å². The Bertz CT molecular complexity index is 572. The molecule has 6 heteroatoms. The summed E-state index contributed by atoms with van der Waals surface area (Å²) in [5, 5.41) is 3.06. The molecule has 134 valence electrons. The fourth-order valence-corrected chi connectivity index (χ4v) is 3.65. The zero-order valence-corrected chi connectivity index (χ0v) is 17.1. The molecule has 0 saturated carbocycles. The number of nitrogens with zero attached hydrogens (tertiary/aromatic N) is 1. The Labute approximate surface area is 158 Å². The van der Waals surface area contributed by atoms with E-state index in [2.05, 4.69) is 46.7 Å². The van der Waals surface area contributed by atoms with Crippen LogP contribution in [-0.4, -0.2) is 50.7 Å². The van der Waals surface area contributed by atoms with Gasteiger partial charge in [-0.3, -0.25) is 9.69 Å². The summed E-state index contributed by atoms with van der Waals surface area (Å²) in [6.45, 7) is 7.37. The van der Waals surface area contributed by atoms with Crippen molar-refractivity contribution in [1.82, 2.24) is 10.2 Å². The van der Waals surface area contributed by atoms with Crippen LogP contribution in [0.25, 0.3) is 0 Å². The summed E-state index contributed by atoms with van der Waals surface area (Å²) >= 11 is 2.15. The third-order valence-corrected chi connectivity index (χ3v) is 5.61. The molecule has 1 fully saturated rings. The topological polar surface area (TPSA) is 50.8 Å². The first-order valence-electron chi connectivity index (χ1n) is 8.40. The molecular weight excluding hydrogens is 419 g/mol. The van der Waals surface area contributed by atoms with E-state index in [0.29, 0.717) is 29.6 Å². The molecule has 0 aliphatic carbocycles. The van der Waals surface area contributed by atoms with Crippen molar-refractivity contribution in [2.24, 2.45) is 5.92 Å². The van der Waals surface area contributed by atoms with Gasteiger partial charge in [-0.2, -0.15) is 0 Å². The monoisotopic (exact) mass is 446 g/mol. The minimum absolute atomic E-state index is 0.0717. The molecule has 2 rings (SSSR count). The molecule has 1 amide bonds. The summed E-state index contributed by atoms with van der Waals surface area (Å²) in [6.07, 6.45) is 2.48. The molecule has 1 atom stereocenters. The lowest BCUT2D eigenvalue weighted by Crippen LogP contribution is -2.45. The Morgan fingerprint density at radius 1 is 1.29 bits per heavy atom. The van der Waals surface area contributed by atoms with E-state index in [0.717, 1.165) is 22.6 Å². The smallest absolute Gasteiger partial charge is 0.252 e. The lowest BCUT2D eigenvalue weighted by atomic mass is 9.98. The molecule has 0 radical (unpaired) electrons. The minimum atomic E-state index is -0.0717. The van der Waals surface area contributed by atoms with E-state index >= 15 is 0 Å². The fraction of sp³-hybridized carbons (Fsp3) is 0.611. The highest BCUT2D eigenvalue weighted by molar-refractivity contribution is 14.1. The maximum absolute atomic E-state index is 12.5. The summed E-state index contributed by atoms with van der Waals surface area (Å²) in [5.41, 5.74) is 0.618. The number of benzene rings is 1. The zero-order valence-electron chi connectivity index (χ0n) is 14.9. The van der Waals surface area contributed by atoms with Crippen LogP contribution in [0.3, 0.4) is 0 Å². The predicted octanol–water partition coefficient (Wildman–Crippen LogP) is 3.16. The van der Waals surface area contributed by atoms with E-state index in [1.165, 1.54) is 12.8 Å². The molecule has 1 unspecified atom stereocenters. The van der Waals surface area contributed by atoms with Gasteiger partial charge < -0.3 is 14.8 Å². The minimum Gasteiger partial charge on any atom is -0.493 e. The molecule has 5 nitrogen and oxygen atoms in total. The number of amides is 1. The van der Waals surface area contributed by atoms with Crippen LogP contribution in [0.4, 0.5) is 0 Å². The number of methoxy groups -OCH3 is 2. The molecule has 1 aliphatic rings. The van der Waals surface area contributed by atoms with Crippen molar-refractivity contribution in [3.05, 3.63) is 21.3 Å². The van der Waals surface area contributed by atoms with Crippen molar-refractivity contribution in [3.63, 3.8) is 0 Å². The van der Waals surface area contributed by atoms with Gasteiger partial charge in [-0.25, -0.2) is 0 Å². The lowest BCUT2D eigenvalue weighted by molar-refractivity contribution is 0.0920. The molecule has 1 aromatic carbocycles. The second-order valence-electron chi connectivity index (χ2n) is 6.46. The molecular formula is C18H27IN2O3. The quantitative estimate of drug-likeness (QED) is 0.683. The summed E-state index contributed by atoms with van der Waals surface area (Å²) in [6, 6.07) is 3.91. The maximum Gasteiger partial charge on any atom is 0.252 e. The lowest BCUT2D eigenvalue weighted by Gasteiger charge is -2.35. The van der Waals surface area contributed by atoms with Crippen LogP contribution in [0.15, 0.2) is 12.1 Å². The van der Waals surface area contributed by atoms with Crippen LogP contribution < -0.4 is 14.8 Å². The van der Waals surface area contributed by atoms with Crippen LogP contribution in [0.1, 0.15) is 37.0 Å². The summed E-state index contributed by atoms with van der Waals surface area (Å²) in [5.74, 6) is 1.95. The Morgan fingerprint density at radius 2 is 1.88 bits per heavy atom. The first-order chi connectivity index (χ1) is 11.5.